The van der Waals surface area contributed by atoms with Crippen LogP contribution in [0.2, 0.25) is 5.02 Å². The van der Waals surface area contributed by atoms with E-state index in [2.05, 4.69) is 0 Å². The molecule has 1 amide bonds. The van der Waals surface area contributed by atoms with Crippen LogP contribution in [0.4, 0.5) is 4.39 Å². The highest BCUT2D eigenvalue weighted by Crippen LogP contribution is 2.47. The van der Waals surface area contributed by atoms with E-state index in [1.807, 2.05) is 16.8 Å². The molecule has 7 heteroatoms. The van der Waals surface area contributed by atoms with Crippen LogP contribution in [0.5, 0.6) is 0 Å². The summed E-state index contributed by atoms with van der Waals surface area (Å²) in [5.41, 5.74) is 8.77. The van der Waals surface area contributed by atoms with E-state index < -0.39 is 11.7 Å². The average molecular weight is 414 g/mol. The van der Waals surface area contributed by atoms with Crippen molar-refractivity contribution in [3.05, 3.63) is 52.3 Å². The van der Waals surface area contributed by atoms with Gasteiger partial charge in [-0.15, -0.1) is 0 Å². The molecule has 1 unspecified atom stereocenters. The number of hydrogen-bond acceptors (Lipinski definition) is 3. The Morgan fingerprint density at radius 3 is 2.72 bits per heavy atom. The van der Waals surface area contributed by atoms with Crippen molar-refractivity contribution in [2.75, 3.05) is 6.61 Å². The number of rotatable bonds is 4. The van der Waals surface area contributed by atoms with Crippen molar-refractivity contribution in [2.24, 2.45) is 5.73 Å². The standard InChI is InChI=1S/C22H21ClFN3O2/c23-13-9-16(12-4-5-12)21-18(10-13)20(26-27(21)19-3-1-2-8-29-19)17-11-14(24)6-7-15(17)22(25)28/h6-7,9-12,19H,1-5,8H2,(H2,25,28). The number of nitrogens with two attached hydrogens (primary N) is 1. The van der Waals surface area contributed by atoms with Crippen molar-refractivity contribution < 1.29 is 13.9 Å². The van der Waals surface area contributed by atoms with Gasteiger partial charge in [-0.1, -0.05) is 11.6 Å². The summed E-state index contributed by atoms with van der Waals surface area (Å²) >= 11 is 6.45. The number of amides is 1. The third-order valence-electron chi connectivity index (χ3n) is 5.74. The predicted octanol–water partition coefficient (Wildman–Crippen LogP) is 5.17. The van der Waals surface area contributed by atoms with Crippen molar-refractivity contribution in [3.63, 3.8) is 0 Å². The van der Waals surface area contributed by atoms with Crippen LogP contribution in [-0.4, -0.2) is 22.3 Å². The number of hydrogen-bond donors (Lipinski definition) is 1. The molecule has 150 valence electrons. The molecular weight excluding hydrogens is 393 g/mol. The molecule has 1 aliphatic carbocycles. The van der Waals surface area contributed by atoms with E-state index in [1.165, 1.54) is 18.2 Å². The molecule has 1 aromatic heterocycles. The Morgan fingerprint density at radius 1 is 1.21 bits per heavy atom. The molecule has 1 atom stereocenters. The van der Waals surface area contributed by atoms with Crippen molar-refractivity contribution in [1.29, 1.82) is 0 Å². The topological polar surface area (TPSA) is 70.1 Å². The molecule has 29 heavy (non-hydrogen) atoms. The highest BCUT2D eigenvalue weighted by molar-refractivity contribution is 6.31. The van der Waals surface area contributed by atoms with Crippen LogP contribution in [0.25, 0.3) is 22.2 Å². The lowest BCUT2D eigenvalue weighted by Crippen LogP contribution is -2.19. The van der Waals surface area contributed by atoms with Gasteiger partial charge in [-0.2, -0.15) is 5.10 Å². The van der Waals surface area contributed by atoms with E-state index in [9.17, 15) is 9.18 Å². The first-order valence-electron chi connectivity index (χ1n) is 9.96. The minimum Gasteiger partial charge on any atom is -0.366 e. The third kappa shape index (κ3) is 3.30. The van der Waals surface area contributed by atoms with Crippen LogP contribution >= 0.6 is 11.6 Å². The maximum atomic E-state index is 14.1. The largest absolute Gasteiger partial charge is 0.366 e. The highest BCUT2D eigenvalue weighted by atomic mass is 35.5. The summed E-state index contributed by atoms with van der Waals surface area (Å²) in [6, 6.07) is 7.77. The molecule has 2 aromatic carbocycles. The van der Waals surface area contributed by atoms with E-state index in [0.29, 0.717) is 28.8 Å². The molecule has 0 radical (unpaired) electrons. The van der Waals surface area contributed by atoms with Gasteiger partial charge in [0, 0.05) is 28.1 Å². The SMILES string of the molecule is NC(=O)c1ccc(F)cc1-c1nn(C2CCCCO2)c2c(C3CC3)cc(Cl)cc12. The van der Waals surface area contributed by atoms with Crippen LogP contribution in [0.1, 0.15) is 60.2 Å². The lowest BCUT2D eigenvalue weighted by molar-refractivity contribution is -0.0366. The molecule has 2 fully saturated rings. The number of nitrogens with zero attached hydrogens (tertiary/aromatic N) is 2. The normalized spacial score (nSPS) is 19.6. The predicted molar refractivity (Wildman–Crippen MR) is 109 cm³/mol. The van der Waals surface area contributed by atoms with Gasteiger partial charge in [0.1, 0.15) is 11.5 Å². The maximum Gasteiger partial charge on any atom is 0.249 e. The molecule has 1 saturated carbocycles. The molecule has 5 nitrogen and oxygen atoms in total. The number of benzene rings is 2. The Balaban J connectivity index is 1.81. The zero-order chi connectivity index (χ0) is 20.1. The number of carbonyl (C=O) groups excluding carboxylic acids is 1. The van der Waals surface area contributed by atoms with Crippen LogP contribution in [0.15, 0.2) is 30.3 Å². The van der Waals surface area contributed by atoms with Gasteiger partial charge in [0.15, 0.2) is 6.23 Å². The van der Waals surface area contributed by atoms with Gasteiger partial charge in [-0.3, -0.25) is 4.79 Å². The molecule has 2 aliphatic rings. The molecular formula is C22H21ClFN3O2. The number of carbonyl (C=O) groups is 1. The molecule has 5 rings (SSSR count). The monoisotopic (exact) mass is 413 g/mol. The van der Waals surface area contributed by atoms with Crippen LogP contribution in [-0.2, 0) is 4.74 Å². The Kier molecular flexibility index (Phi) is 4.56. The second kappa shape index (κ2) is 7.11. The van der Waals surface area contributed by atoms with Gasteiger partial charge in [0.2, 0.25) is 5.91 Å². The summed E-state index contributed by atoms with van der Waals surface area (Å²) in [7, 11) is 0. The van der Waals surface area contributed by atoms with E-state index in [0.717, 1.165) is 48.6 Å². The van der Waals surface area contributed by atoms with Crippen LogP contribution < -0.4 is 5.73 Å². The van der Waals surface area contributed by atoms with Crippen LogP contribution in [0.3, 0.4) is 0 Å². The zero-order valence-corrected chi connectivity index (χ0v) is 16.6. The highest BCUT2D eigenvalue weighted by Gasteiger charge is 2.31. The molecule has 0 bridgehead atoms. The smallest absolute Gasteiger partial charge is 0.249 e. The number of ether oxygens (including phenoxy) is 1. The van der Waals surface area contributed by atoms with Gasteiger partial charge in [-0.05, 0) is 73.9 Å². The van der Waals surface area contributed by atoms with Gasteiger partial charge >= 0.3 is 0 Å². The first kappa shape index (κ1) is 18.6. The Bertz CT molecular complexity index is 1120. The number of primary amides is 1. The minimum absolute atomic E-state index is 0.190. The first-order chi connectivity index (χ1) is 14.0. The van der Waals surface area contributed by atoms with Crippen molar-refractivity contribution >= 4 is 28.4 Å². The maximum absolute atomic E-state index is 14.1. The lowest BCUT2D eigenvalue weighted by atomic mass is 9.99. The Morgan fingerprint density at radius 2 is 2.03 bits per heavy atom. The second-order valence-electron chi connectivity index (χ2n) is 7.83. The Hall–Kier alpha value is -2.44. The Labute approximate surface area is 172 Å². The fourth-order valence-corrected chi connectivity index (χ4v) is 4.45. The summed E-state index contributed by atoms with van der Waals surface area (Å²) in [5, 5.41) is 6.23. The van der Waals surface area contributed by atoms with Gasteiger partial charge in [0.05, 0.1) is 5.52 Å². The molecule has 2 N–H and O–H groups in total. The lowest BCUT2D eigenvalue weighted by Gasteiger charge is -2.24. The fraction of sp³-hybridized carbons (Fsp3) is 0.364. The third-order valence-corrected chi connectivity index (χ3v) is 5.96. The van der Waals surface area contributed by atoms with Crippen molar-refractivity contribution in [1.82, 2.24) is 9.78 Å². The van der Waals surface area contributed by atoms with E-state index in [4.69, 9.17) is 27.2 Å². The van der Waals surface area contributed by atoms with Gasteiger partial charge < -0.3 is 10.5 Å². The quantitative estimate of drug-likeness (QED) is 0.641. The number of halogens is 2. The van der Waals surface area contributed by atoms with Crippen LogP contribution in [0, 0.1) is 5.82 Å². The van der Waals surface area contributed by atoms with Crippen molar-refractivity contribution in [2.45, 2.75) is 44.2 Å². The summed E-state index contributed by atoms with van der Waals surface area (Å²) in [5.74, 6) is -0.640. The molecule has 2 heterocycles. The zero-order valence-electron chi connectivity index (χ0n) is 15.8. The number of fused-ring (bicyclic) bond motifs is 1. The summed E-state index contributed by atoms with van der Waals surface area (Å²) in [4.78, 5) is 12.0. The second-order valence-corrected chi connectivity index (χ2v) is 8.27. The van der Waals surface area contributed by atoms with E-state index in [1.54, 1.807) is 0 Å². The van der Waals surface area contributed by atoms with Gasteiger partial charge in [0.25, 0.3) is 0 Å². The molecule has 3 aromatic rings. The van der Waals surface area contributed by atoms with Crippen molar-refractivity contribution in [3.8, 4) is 11.3 Å². The molecule has 0 spiro atoms. The molecule has 1 saturated heterocycles. The average Bonchev–Trinajstić information content (AvgIpc) is 3.48. The minimum atomic E-state index is -0.624. The summed E-state index contributed by atoms with van der Waals surface area (Å²) in [6.07, 6.45) is 4.96. The number of aromatic nitrogens is 2. The summed E-state index contributed by atoms with van der Waals surface area (Å²) < 4.78 is 22.0. The van der Waals surface area contributed by atoms with E-state index in [-0.39, 0.29) is 11.8 Å². The van der Waals surface area contributed by atoms with E-state index >= 15 is 0 Å². The molecule has 1 aliphatic heterocycles. The summed E-state index contributed by atoms with van der Waals surface area (Å²) in [6.45, 7) is 0.681. The fourth-order valence-electron chi connectivity index (χ4n) is 4.22. The first-order valence-corrected chi connectivity index (χ1v) is 10.3. The van der Waals surface area contributed by atoms with Gasteiger partial charge in [-0.25, -0.2) is 9.07 Å².